The summed E-state index contributed by atoms with van der Waals surface area (Å²) in [5.74, 6) is 6.52. The first-order valence-corrected chi connectivity index (χ1v) is 6.24. The van der Waals surface area contributed by atoms with Crippen LogP contribution >= 0.6 is 0 Å². The van der Waals surface area contributed by atoms with Gasteiger partial charge in [0.25, 0.3) is 0 Å². The van der Waals surface area contributed by atoms with Crippen LogP contribution in [-0.4, -0.2) is 9.97 Å². The Morgan fingerprint density at radius 2 is 1.79 bits per heavy atom. The zero-order valence-corrected chi connectivity index (χ0v) is 11.4. The fourth-order valence-corrected chi connectivity index (χ4v) is 1.87. The van der Waals surface area contributed by atoms with E-state index >= 15 is 0 Å². The van der Waals surface area contributed by atoms with Crippen LogP contribution in [0.2, 0.25) is 0 Å². The number of nitrogens with one attached hydrogen (secondary N) is 2. The average molecular weight is 257 g/mol. The second-order valence-corrected chi connectivity index (χ2v) is 4.64. The van der Waals surface area contributed by atoms with Gasteiger partial charge in [0.15, 0.2) is 0 Å². The van der Waals surface area contributed by atoms with Crippen molar-refractivity contribution in [1.82, 2.24) is 9.97 Å². The number of aryl methyl sites for hydroxylation is 2. The number of nitrogen functional groups attached to an aromatic ring is 1. The van der Waals surface area contributed by atoms with Gasteiger partial charge in [-0.25, -0.2) is 10.8 Å². The highest BCUT2D eigenvalue weighted by molar-refractivity contribution is 5.43. The Morgan fingerprint density at radius 3 is 2.42 bits per heavy atom. The number of hydrogen-bond donors (Lipinski definition) is 3. The molecule has 0 saturated heterocycles. The molecule has 5 heteroatoms. The Kier molecular flexibility index (Phi) is 3.97. The number of nitrogens with zero attached hydrogens (tertiary/aromatic N) is 2. The number of rotatable bonds is 4. The van der Waals surface area contributed by atoms with Gasteiger partial charge in [-0.2, -0.15) is 4.98 Å². The van der Waals surface area contributed by atoms with Crippen molar-refractivity contribution < 1.29 is 0 Å². The van der Waals surface area contributed by atoms with Crippen molar-refractivity contribution in [2.24, 2.45) is 5.84 Å². The molecule has 1 atom stereocenters. The molecule has 0 saturated carbocycles. The monoisotopic (exact) mass is 257 g/mol. The molecule has 0 bridgehead atoms. The molecule has 0 aliphatic heterocycles. The van der Waals surface area contributed by atoms with E-state index in [1.807, 2.05) is 13.0 Å². The Bertz CT molecular complexity index is 550. The average Bonchev–Trinajstić information content (AvgIpc) is 2.38. The van der Waals surface area contributed by atoms with Crippen LogP contribution in [-0.2, 0) is 0 Å². The molecule has 1 unspecified atom stereocenters. The van der Waals surface area contributed by atoms with Gasteiger partial charge in [-0.05, 0) is 26.3 Å². The van der Waals surface area contributed by atoms with Gasteiger partial charge in [0, 0.05) is 17.8 Å². The smallest absolute Gasteiger partial charge is 0.239 e. The molecule has 0 aliphatic rings. The van der Waals surface area contributed by atoms with Gasteiger partial charge >= 0.3 is 0 Å². The summed E-state index contributed by atoms with van der Waals surface area (Å²) in [6.07, 6.45) is 0. The molecule has 4 N–H and O–H groups in total. The summed E-state index contributed by atoms with van der Waals surface area (Å²) >= 11 is 0. The normalized spacial score (nSPS) is 12.0. The molecule has 0 amide bonds. The van der Waals surface area contributed by atoms with Crippen LogP contribution in [0.3, 0.4) is 0 Å². The lowest BCUT2D eigenvalue weighted by atomic mass is 10.1. The fourth-order valence-electron chi connectivity index (χ4n) is 1.87. The zero-order valence-electron chi connectivity index (χ0n) is 11.4. The van der Waals surface area contributed by atoms with E-state index in [1.165, 1.54) is 11.1 Å². The van der Waals surface area contributed by atoms with Crippen molar-refractivity contribution in [3.63, 3.8) is 0 Å². The highest BCUT2D eigenvalue weighted by Gasteiger charge is 2.07. The van der Waals surface area contributed by atoms with E-state index in [0.29, 0.717) is 5.95 Å². The molecule has 2 rings (SSSR count). The van der Waals surface area contributed by atoms with E-state index in [0.717, 1.165) is 11.5 Å². The summed E-state index contributed by atoms with van der Waals surface area (Å²) in [6, 6.07) is 10.5. The number of nitrogens with two attached hydrogens (primary N) is 1. The number of hydrazine groups is 1. The number of hydrogen-bond acceptors (Lipinski definition) is 5. The minimum absolute atomic E-state index is 0.167. The molecule has 5 nitrogen and oxygen atoms in total. The lowest BCUT2D eigenvalue weighted by molar-refractivity contribution is 0.869. The van der Waals surface area contributed by atoms with E-state index in [2.05, 4.69) is 58.8 Å². The van der Waals surface area contributed by atoms with Gasteiger partial charge < -0.3 is 5.32 Å². The van der Waals surface area contributed by atoms with Gasteiger partial charge in [-0.15, -0.1) is 0 Å². The SMILES string of the molecule is Cc1ccc(C(C)Nc2cc(C)nc(NN)n2)cc1. The van der Waals surface area contributed by atoms with Gasteiger partial charge in [-0.1, -0.05) is 29.8 Å². The van der Waals surface area contributed by atoms with Gasteiger partial charge in [0.1, 0.15) is 5.82 Å². The standard InChI is InChI=1S/C14H19N5/c1-9-4-6-12(7-5-9)11(3)17-13-8-10(2)16-14(18-13)19-15/h4-8,11H,15H2,1-3H3,(H2,16,17,18,19). The maximum atomic E-state index is 5.34. The molecular formula is C14H19N5. The summed E-state index contributed by atoms with van der Waals surface area (Å²) in [7, 11) is 0. The molecule has 1 aromatic heterocycles. The fraction of sp³-hybridized carbons (Fsp3) is 0.286. The predicted molar refractivity (Wildman–Crippen MR) is 77.8 cm³/mol. The van der Waals surface area contributed by atoms with Crippen molar-refractivity contribution in [2.45, 2.75) is 26.8 Å². The zero-order chi connectivity index (χ0) is 13.8. The first-order chi connectivity index (χ1) is 9.08. The summed E-state index contributed by atoms with van der Waals surface area (Å²) in [4.78, 5) is 8.43. The minimum Gasteiger partial charge on any atom is -0.363 e. The maximum absolute atomic E-state index is 5.34. The van der Waals surface area contributed by atoms with Crippen LogP contribution in [0.4, 0.5) is 11.8 Å². The van der Waals surface area contributed by atoms with Crippen LogP contribution < -0.4 is 16.6 Å². The first-order valence-electron chi connectivity index (χ1n) is 6.24. The van der Waals surface area contributed by atoms with Crippen LogP contribution in [0.1, 0.15) is 29.8 Å². The molecule has 0 radical (unpaired) electrons. The number of benzene rings is 1. The second-order valence-electron chi connectivity index (χ2n) is 4.64. The van der Waals surface area contributed by atoms with Crippen molar-refractivity contribution >= 4 is 11.8 Å². The van der Waals surface area contributed by atoms with E-state index < -0.39 is 0 Å². The molecule has 0 fully saturated rings. The highest BCUT2D eigenvalue weighted by Crippen LogP contribution is 2.19. The van der Waals surface area contributed by atoms with Gasteiger partial charge in [-0.3, -0.25) is 5.43 Å². The summed E-state index contributed by atoms with van der Waals surface area (Å²) in [5, 5.41) is 3.35. The summed E-state index contributed by atoms with van der Waals surface area (Å²) in [5.41, 5.74) is 5.79. The van der Waals surface area contributed by atoms with Crippen molar-refractivity contribution in [1.29, 1.82) is 0 Å². The lowest BCUT2D eigenvalue weighted by Gasteiger charge is -2.16. The number of aromatic nitrogens is 2. The topological polar surface area (TPSA) is 75.9 Å². The molecule has 0 aliphatic carbocycles. The summed E-state index contributed by atoms with van der Waals surface area (Å²) < 4.78 is 0. The Balaban J connectivity index is 2.16. The third-order valence-corrected chi connectivity index (χ3v) is 2.93. The van der Waals surface area contributed by atoms with Crippen molar-refractivity contribution in [3.8, 4) is 0 Å². The number of anilines is 2. The van der Waals surface area contributed by atoms with Crippen LogP contribution in [0, 0.1) is 13.8 Å². The minimum atomic E-state index is 0.167. The molecule has 1 heterocycles. The highest BCUT2D eigenvalue weighted by atomic mass is 15.3. The lowest BCUT2D eigenvalue weighted by Crippen LogP contribution is -2.14. The third kappa shape index (κ3) is 3.42. The van der Waals surface area contributed by atoms with Gasteiger partial charge in [0.2, 0.25) is 5.95 Å². The van der Waals surface area contributed by atoms with E-state index in [4.69, 9.17) is 5.84 Å². The largest absolute Gasteiger partial charge is 0.363 e. The second kappa shape index (κ2) is 5.67. The molecule has 1 aromatic carbocycles. The molecule has 2 aromatic rings. The van der Waals surface area contributed by atoms with Crippen LogP contribution in [0.15, 0.2) is 30.3 Å². The molecule has 19 heavy (non-hydrogen) atoms. The Hall–Kier alpha value is -2.14. The van der Waals surface area contributed by atoms with Crippen molar-refractivity contribution in [3.05, 3.63) is 47.2 Å². The van der Waals surface area contributed by atoms with E-state index in [1.54, 1.807) is 0 Å². The quantitative estimate of drug-likeness (QED) is 0.579. The molecule has 100 valence electrons. The van der Waals surface area contributed by atoms with Crippen LogP contribution in [0.25, 0.3) is 0 Å². The van der Waals surface area contributed by atoms with E-state index in [-0.39, 0.29) is 6.04 Å². The Morgan fingerprint density at radius 1 is 1.11 bits per heavy atom. The van der Waals surface area contributed by atoms with Crippen molar-refractivity contribution in [2.75, 3.05) is 10.7 Å². The maximum Gasteiger partial charge on any atom is 0.239 e. The van der Waals surface area contributed by atoms with Gasteiger partial charge in [0.05, 0.1) is 0 Å². The molecule has 0 spiro atoms. The van der Waals surface area contributed by atoms with Crippen LogP contribution in [0.5, 0.6) is 0 Å². The summed E-state index contributed by atoms with van der Waals surface area (Å²) in [6.45, 7) is 6.08. The third-order valence-electron chi connectivity index (χ3n) is 2.93. The first kappa shape index (κ1) is 13.3. The Labute approximate surface area is 113 Å². The van der Waals surface area contributed by atoms with E-state index in [9.17, 15) is 0 Å². The molecular weight excluding hydrogens is 238 g/mol. The predicted octanol–water partition coefficient (Wildman–Crippen LogP) is 2.55.